The second kappa shape index (κ2) is 2.50. The van der Waals surface area contributed by atoms with Crippen LogP contribution >= 0.6 is 0 Å². The van der Waals surface area contributed by atoms with E-state index < -0.39 is 0 Å². The van der Waals surface area contributed by atoms with Crippen LogP contribution in [0.5, 0.6) is 0 Å². The van der Waals surface area contributed by atoms with Gasteiger partial charge in [0, 0.05) is 0 Å². The predicted octanol–water partition coefficient (Wildman–Crippen LogP) is 3.32. The lowest BCUT2D eigenvalue weighted by molar-refractivity contribution is 0.304. The Morgan fingerprint density at radius 1 is 1.27 bits per heavy atom. The lowest BCUT2D eigenvalue weighted by Gasteiger charge is -2.19. The van der Waals surface area contributed by atoms with E-state index in [2.05, 4.69) is 20.8 Å². The predicted molar refractivity (Wildman–Crippen MR) is 48.3 cm³/mol. The summed E-state index contributed by atoms with van der Waals surface area (Å²) in [6.07, 6.45) is 4.49. The molecule has 0 amide bonds. The molecule has 2 aliphatic carbocycles. The Balaban J connectivity index is 1.96. The van der Waals surface area contributed by atoms with Gasteiger partial charge in [-0.25, -0.2) is 0 Å². The van der Waals surface area contributed by atoms with Crippen LogP contribution in [0.3, 0.4) is 0 Å². The maximum atomic E-state index is 2.45. The highest BCUT2D eigenvalue weighted by Crippen LogP contribution is 2.60. The molecule has 0 bridgehead atoms. The first kappa shape index (κ1) is 7.64. The van der Waals surface area contributed by atoms with Crippen molar-refractivity contribution >= 4 is 0 Å². The summed E-state index contributed by atoms with van der Waals surface area (Å²) in [5, 5.41) is 0. The van der Waals surface area contributed by atoms with Crippen LogP contribution in [0.4, 0.5) is 0 Å². The van der Waals surface area contributed by atoms with Crippen molar-refractivity contribution in [1.82, 2.24) is 0 Å². The molecule has 0 saturated heterocycles. The summed E-state index contributed by atoms with van der Waals surface area (Å²) in [7, 11) is 0. The summed E-state index contributed by atoms with van der Waals surface area (Å²) in [4.78, 5) is 0. The maximum Gasteiger partial charge on any atom is -0.0349 e. The van der Waals surface area contributed by atoms with E-state index in [0.717, 1.165) is 29.6 Å². The summed E-state index contributed by atoms with van der Waals surface area (Å²) in [5.74, 6) is 5.45. The zero-order valence-electron chi connectivity index (χ0n) is 8.01. The second-order valence-electron chi connectivity index (χ2n) is 4.83. The molecule has 0 N–H and O–H groups in total. The van der Waals surface area contributed by atoms with Gasteiger partial charge in [-0.1, -0.05) is 27.2 Å². The van der Waals surface area contributed by atoms with Crippen LogP contribution in [0.1, 0.15) is 40.0 Å². The molecule has 0 nitrogen and oxygen atoms in total. The van der Waals surface area contributed by atoms with Crippen LogP contribution in [0.15, 0.2) is 0 Å². The van der Waals surface area contributed by atoms with E-state index in [1.807, 2.05) is 0 Å². The standard InChI is InChI=1S/C11H20/c1-4-7(2)9-5-8(3)10-6-11(9)10/h7-11H,4-6H2,1-3H3. The molecular formula is C11H20. The third-order valence-corrected chi connectivity index (χ3v) is 4.19. The molecule has 0 heterocycles. The fourth-order valence-electron chi connectivity index (χ4n) is 3.12. The zero-order chi connectivity index (χ0) is 8.01. The van der Waals surface area contributed by atoms with Gasteiger partial charge < -0.3 is 0 Å². The third-order valence-electron chi connectivity index (χ3n) is 4.19. The van der Waals surface area contributed by atoms with Crippen molar-refractivity contribution in [2.45, 2.75) is 40.0 Å². The Bertz CT molecular complexity index is 148. The molecule has 2 aliphatic rings. The Morgan fingerprint density at radius 2 is 2.00 bits per heavy atom. The van der Waals surface area contributed by atoms with Gasteiger partial charge in [0.1, 0.15) is 0 Å². The minimum Gasteiger partial charge on any atom is -0.0651 e. The minimum atomic E-state index is 0.995. The van der Waals surface area contributed by atoms with Crippen molar-refractivity contribution in [2.75, 3.05) is 0 Å². The van der Waals surface area contributed by atoms with Crippen molar-refractivity contribution < 1.29 is 0 Å². The van der Waals surface area contributed by atoms with E-state index in [1.54, 1.807) is 6.42 Å². The number of hydrogen-bond donors (Lipinski definition) is 0. The molecule has 64 valence electrons. The lowest BCUT2D eigenvalue weighted by atomic mass is 9.86. The molecular weight excluding hydrogens is 132 g/mol. The Morgan fingerprint density at radius 3 is 2.36 bits per heavy atom. The zero-order valence-corrected chi connectivity index (χ0v) is 8.01. The molecule has 11 heavy (non-hydrogen) atoms. The quantitative estimate of drug-likeness (QED) is 0.569. The number of hydrogen-bond acceptors (Lipinski definition) is 0. The first-order chi connectivity index (χ1) is 5.24. The van der Waals surface area contributed by atoms with Crippen LogP contribution in [0.2, 0.25) is 0 Å². The second-order valence-corrected chi connectivity index (χ2v) is 4.83. The average molecular weight is 152 g/mol. The molecule has 5 unspecified atom stereocenters. The van der Waals surface area contributed by atoms with Crippen molar-refractivity contribution in [2.24, 2.45) is 29.6 Å². The van der Waals surface area contributed by atoms with Crippen molar-refractivity contribution in [3.8, 4) is 0 Å². The number of fused-ring (bicyclic) bond motifs is 1. The van der Waals surface area contributed by atoms with Gasteiger partial charge in [-0.15, -0.1) is 0 Å². The Labute approximate surface area is 70.4 Å². The van der Waals surface area contributed by atoms with E-state index in [0.29, 0.717) is 0 Å². The molecule has 0 aliphatic heterocycles. The smallest absolute Gasteiger partial charge is 0.0349 e. The minimum absolute atomic E-state index is 0.995. The van der Waals surface area contributed by atoms with Crippen LogP contribution < -0.4 is 0 Å². The molecule has 2 fully saturated rings. The summed E-state index contributed by atoms with van der Waals surface area (Å²) in [6.45, 7) is 7.23. The van der Waals surface area contributed by atoms with E-state index in [9.17, 15) is 0 Å². The van der Waals surface area contributed by atoms with Crippen LogP contribution in [0.25, 0.3) is 0 Å². The monoisotopic (exact) mass is 152 g/mol. The van der Waals surface area contributed by atoms with Gasteiger partial charge in [0.2, 0.25) is 0 Å². The highest BCUT2D eigenvalue weighted by molar-refractivity contribution is 5.02. The number of rotatable bonds is 2. The normalized spacial score (nSPS) is 50.5. The largest absolute Gasteiger partial charge is 0.0651 e. The van der Waals surface area contributed by atoms with E-state index >= 15 is 0 Å². The van der Waals surface area contributed by atoms with E-state index in [1.165, 1.54) is 12.8 Å². The van der Waals surface area contributed by atoms with E-state index in [4.69, 9.17) is 0 Å². The summed E-state index contributed by atoms with van der Waals surface area (Å²) in [5.41, 5.74) is 0. The topological polar surface area (TPSA) is 0 Å². The highest BCUT2D eigenvalue weighted by Gasteiger charge is 2.52. The lowest BCUT2D eigenvalue weighted by Crippen LogP contribution is -2.11. The van der Waals surface area contributed by atoms with Gasteiger partial charge in [-0.05, 0) is 42.4 Å². The summed E-state index contributed by atoms with van der Waals surface area (Å²) >= 11 is 0. The average Bonchev–Trinajstić information content (AvgIpc) is 2.72. The van der Waals surface area contributed by atoms with Crippen molar-refractivity contribution in [3.05, 3.63) is 0 Å². The first-order valence-electron chi connectivity index (χ1n) is 5.24. The van der Waals surface area contributed by atoms with Crippen LogP contribution in [-0.2, 0) is 0 Å². The third kappa shape index (κ3) is 1.11. The molecule has 0 aromatic heterocycles. The van der Waals surface area contributed by atoms with Gasteiger partial charge >= 0.3 is 0 Å². The summed E-state index contributed by atoms with van der Waals surface area (Å²) < 4.78 is 0. The molecule has 2 rings (SSSR count). The highest BCUT2D eigenvalue weighted by atomic mass is 14.6. The first-order valence-corrected chi connectivity index (χ1v) is 5.24. The fourth-order valence-corrected chi connectivity index (χ4v) is 3.12. The van der Waals surface area contributed by atoms with Crippen molar-refractivity contribution in [1.29, 1.82) is 0 Å². The molecule has 2 saturated carbocycles. The maximum absolute atomic E-state index is 2.45. The molecule has 0 heteroatoms. The molecule has 5 atom stereocenters. The molecule has 0 radical (unpaired) electrons. The van der Waals surface area contributed by atoms with Gasteiger partial charge in [0.05, 0.1) is 0 Å². The Hall–Kier alpha value is 0. The van der Waals surface area contributed by atoms with Crippen molar-refractivity contribution in [3.63, 3.8) is 0 Å². The van der Waals surface area contributed by atoms with Crippen LogP contribution in [0, 0.1) is 29.6 Å². The molecule has 0 aromatic carbocycles. The summed E-state index contributed by atoms with van der Waals surface area (Å²) in [6, 6.07) is 0. The van der Waals surface area contributed by atoms with Crippen LogP contribution in [-0.4, -0.2) is 0 Å². The van der Waals surface area contributed by atoms with Gasteiger partial charge in [-0.3, -0.25) is 0 Å². The van der Waals surface area contributed by atoms with E-state index in [-0.39, 0.29) is 0 Å². The SMILES string of the molecule is CCC(C)C1CC(C)C2CC12. The Kier molecular flexibility index (Phi) is 1.74. The fraction of sp³-hybridized carbons (Fsp3) is 1.00. The van der Waals surface area contributed by atoms with Gasteiger partial charge in [-0.2, -0.15) is 0 Å². The van der Waals surface area contributed by atoms with Gasteiger partial charge in [0.25, 0.3) is 0 Å². The molecule has 0 aromatic rings. The molecule has 0 spiro atoms. The van der Waals surface area contributed by atoms with Gasteiger partial charge in [0.15, 0.2) is 0 Å².